The third-order valence-electron chi connectivity index (χ3n) is 3.85. The monoisotopic (exact) mass is 287 g/mol. The number of H-pyrrole nitrogens is 1. The second-order valence-corrected chi connectivity index (χ2v) is 5.24. The molecule has 110 valence electrons. The van der Waals surface area contributed by atoms with Gasteiger partial charge in [0.1, 0.15) is 0 Å². The van der Waals surface area contributed by atoms with Gasteiger partial charge in [0, 0.05) is 19.6 Å². The van der Waals surface area contributed by atoms with Crippen LogP contribution in [0.5, 0.6) is 0 Å². The van der Waals surface area contributed by atoms with Crippen LogP contribution in [-0.2, 0) is 0 Å². The topological polar surface area (TPSA) is 69.6 Å². The van der Waals surface area contributed by atoms with E-state index in [2.05, 4.69) is 29.2 Å². The summed E-state index contributed by atoms with van der Waals surface area (Å²) < 4.78 is 4.90. The van der Waals surface area contributed by atoms with Crippen molar-refractivity contribution in [2.75, 3.05) is 26.7 Å². The van der Waals surface area contributed by atoms with E-state index in [1.807, 2.05) is 18.2 Å². The van der Waals surface area contributed by atoms with Crippen LogP contribution < -0.4 is 5.56 Å². The van der Waals surface area contributed by atoms with E-state index in [0.717, 1.165) is 6.54 Å². The lowest BCUT2D eigenvalue weighted by Crippen LogP contribution is -2.48. The molecule has 1 aliphatic rings. The number of nitrogens with one attached hydrogen (secondary N) is 1. The Labute approximate surface area is 121 Å². The zero-order valence-electron chi connectivity index (χ0n) is 11.8. The molecule has 0 aliphatic carbocycles. The van der Waals surface area contributed by atoms with Gasteiger partial charge in [-0.3, -0.25) is 14.5 Å². The molecule has 1 saturated heterocycles. The molecule has 21 heavy (non-hydrogen) atoms. The fraction of sp³-hybridized carbons (Fsp3) is 0.333. The molecule has 6 nitrogen and oxygen atoms in total. The Morgan fingerprint density at radius 3 is 2.71 bits per heavy atom. The van der Waals surface area contributed by atoms with Crippen molar-refractivity contribution >= 4 is 5.91 Å². The highest BCUT2D eigenvalue weighted by Gasteiger charge is 2.30. The van der Waals surface area contributed by atoms with E-state index in [9.17, 15) is 9.59 Å². The maximum Gasteiger partial charge on any atom is 0.292 e. The first-order chi connectivity index (χ1) is 10.1. The van der Waals surface area contributed by atoms with Crippen LogP contribution in [0.3, 0.4) is 0 Å². The standard InChI is InChI=1S/C15H17N3O3/c1-17-7-8-18(15(20)13-9-14(19)16-21-13)10-12(17)11-5-3-2-4-6-11/h2-6,9,12H,7-8,10H2,1H3,(H,16,19)/t12-/m1/s1. The molecular weight excluding hydrogens is 270 g/mol. The normalized spacial score (nSPS) is 19.7. The van der Waals surface area contributed by atoms with Crippen molar-refractivity contribution in [3.05, 3.63) is 58.1 Å². The third-order valence-corrected chi connectivity index (χ3v) is 3.85. The highest BCUT2D eigenvalue weighted by Crippen LogP contribution is 2.24. The number of amides is 1. The summed E-state index contributed by atoms with van der Waals surface area (Å²) in [7, 11) is 2.05. The molecular formula is C15H17N3O3. The van der Waals surface area contributed by atoms with Crippen molar-refractivity contribution in [1.29, 1.82) is 0 Å². The number of aromatic amines is 1. The fourth-order valence-electron chi connectivity index (χ4n) is 2.64. The van der Waals surface area contributed by atoms with Crippen LogP contribution in [-0.4, -0.2) is 47.5 Å². The number of hydrogen-bond acceptors (Lipinski definition) is 4. The number of aromatic nitrogens is 1. The summed E-state index contributed by atoms with van der Waals surface area (Å²) in [5.41, 5.74) is 0.778. The molecule has 1 aromatic carbocycles. The Kier molecular flexibility index (Phi) is 3.62. The second-order valence-electron chi connectivity index (χ2n) is 5.24. The summed E-state index contributed by atoms with van der Waals surface area (Å²) in [6, 6.07) is 11.4. The first-order valence-corrected chi connectivity index (χ1v) is 6.88. The van der Waals surface area contributed by atoms with Crippen LogP contribution in [0.1, 0.15) is 22.2 Å². The van der Waals surface area contributed by atoms with Crippen molar-refractivity contribution in [2.24, 2.45) is 0 Å². The minimum Gasteiger partial charge on any atom is -0.373 e. The van der Waals surface area contributed by atoms with E-state index < -0.39 is 5.56 Å². The number of carbonyl (C=O) groups excluding carboxylic acids is 1. The summed E-state index contributed by atoms with van der Waals surface area (Å²) in [6.07, 6.45) is 0. The van der Waals surface area contributed by atoms with Crippen molar-refractivity contribution in [2.45, 2.75) is 6.04 Å². The lowest BCUT2D eigenvalue weighted by Gasteiger charge is -2.39. The van der Waals surface area contributed by atoms with Crippen LogP contribution >= 0.6 is 0 Å². The van der Waals surface area contributed by atoms with Gasteiger partial charge in [-0.1, -0.05) is 30.3 Å². The SMILES string of the molecule is CN1CCN(C(=O)c2cc(=O)[nH]o2)C[C@@H]1c1ccccc1. The molecule has 1 aromatic heterocycles. The molecule has 0 saturated carbocycles. The first-order valence-electron chi connectivity index (χ1n) is 6.88. The van der Waals surface area contributed by atoms with Gasteiger partial charge in [0.05, 0.1) is 12.1 Å². The maximum atomic E-state index is 12.4. The van der Waals surface area contributed by atoms with Crippen molar-refractivity contribution in [3.8, 4) is 0 Å². The summed E-state index contributed by atoms with van der Waals surface area (Å²) in [6.45, 7) is 1.97. The minimum absolute atomic E-state index is 0.0661. The number of likely N-dealkylation sites (N-methyl/N-ethyl adjacent to an activating group) is 1. The first kappa shape index (κ1) is 13.6. The number of benzene rings is 1. The largest absolute Gasteiger partial charge is 0.373 e. The quantitative estimate of drug-likeness (QED) is 0.898. The van der Waals surface area contributed by atoms with Gasteiger partial charge in [-0.15, -0.1) is 0 Å². The predicted octanol–water partition coefficient (Wildman–Crippen LogP) is 1.10. The molecule has 0 unspecified atom stereocenters. The predicted molar refractivity (Wildman–Crippen MR) is 77.0 cm³/mol. The van der Waals surface area contributed by atoms with Crippen LogP contribution in [0.15, 0.2) is 45.7 Å². The summed E-state index contributed by atoms with van der Waals surface area (Å²) in [4.78, 5) is 27.4. The van der Waals surface area contributed by atoms with Crippen LogP contribution in [0, 0.1) is 0 Å². The van der Waals surface area contributed by atoms with Crippen LogP contribution in [0.25, 0.3) is 0 Å². The summed E-state index contributed by atoms with van der Waals surface area (Å²) >= 11 is 0. The average molecular weight is 287 g/mol. The lowest BCUT2D eigenvalue weighted by atomic mass is 10.0. The highest BCUT2D eigenvalue weighted by atomic mass is 16.5. The average Bonchev–Trinajstić information content (AvgIpc) is 2.94. The number of piperazine rings is 1. The summed E-state index contributed by atoms with van der Waals surface area (Å²) in [5.74, 6) is -0.182. The number of hydrogen-bond donors (Lipinski definition) is 1. The zero-order chi connectivity index (χ0) is 14.8. The Morgan fingerprint density at radius 2 is 2.05 bits per heavy atom. The van der Waals surface area contributed by atoms with Gasteiger partial charge in [0.25, 0.3) is 11.5 Å². The molecule has 0 bridgehead atoms. The van der Waals surface area contributed by atoms with Gasteiger partial charge in [0.15, 0.2) is 0 Å². The number of carbonyl (C=O) groups is 1. The molecule has 1 aliphatic heterocycles. The summed E-state index contributed by atoms with van der Waals surface area (Å²) in [5, 5.41) is 2.15. The van der Waals surface area contributed by atoms with E-state index in [1.165, 1.54) is 11.6 Å². The third kappa shape index (κ3) is 2.75. The van der Waals surface area contributed by atoms with Gasteiger partial charge in [-0.2, -0.15) is 5.16 Å². The van der Waals surface area contributed by atoms with Crippen molar-refractivity contribution in [1.82, 2.24) is 15.0 Å². The highest BCUT2D eigenvalue weighted by molar-refractivity contribution is 5.91. The molecule has 6 heteroatoms. The van der Waals surface area contributed by atoms with Gasteiger partial charge in [-0.05, 0) is 12.6 Å². The molecule has 0 spiro atoms. The minimum atomic E-state index is -0.396. The van der Waals surface area contributed by atoms with Crippen LogP contribution in [0.2, 0.25) is 0 Å². The van der Waals surface area contributed by atoms with E-state index >= 15 is 0 Å². The van der Waals surface area contributed by atoms with Gasteiger partial charge < -0.3 is 9.42 Å². The Bertz CT molecular complexity index is 677. The molecule has 1 amide bonds. The van der Waals surface area contributed by atoms with E-state index in [-0.39, 0.29) is 17.7 Å². The molecule has 0 radical (unpaired) electrons. The molecule has 1 N–H and O–H groups in total. The lowest BCUT2D eigenvalue weighted by molar-refractivity contribution is 0.0508. The molecule has 1 fully saturated rings. The smallest absolute Gasteiger partial charge is 0.292 e. The van der Waals surface area contributed by atoms with E-state index in [0.29, 0.717) is 13.1 Å². The van der Waals surface area contributed by atoms with Gasteiger partial charge in [0.2, 0.25) is 5.76 Å². The Morgan fingerprint density at radius 1 is 1.29 bits per heavy atom. The zero-order valence-corrected chi connectivity index (χ0v) is 11.8. The van der Waals surface area contributed by atoms with Crippen LogP contribution in [0.4, 0.5) is 0 Å². The molecule has 3 rings (SSSR count). The maximum absolute atomic E-state index is 12.4. The Balaban J connectivity index is 1.80. The molecule has 2 heterocycles. The fourth-order valence-corrected chi connectivity index (χ4v) is 2.64. The number of rotatable bonds is 2. The van der Waals surface area contributed by atoms with Gasteiger partial charge in [-0.25, -0.2) is 0 Å². The van der Waals surface area contributed by atoms with E-state index in [1.54, 1.807) is 4.90 Å². The van der Waals surface area contributed by atoms with Crippen molar-refractivity contribution in [3.63, 3.8) is 0 Å². The van der Waals surface area contributed by atoms with E-state index in [4.69, 9.17) is 4.52 Å². The second kappa shape index (κ2) is 5.57. The molecule has 1 atom stereocenters. The molecule has 2 aromatic rings. The Hall–Kier alpha value is -2.34. The van der Waals surface area contributed by atoms with Gasteiger partial charge >= 0.3 is 0 Å². The van der Waals surface area contributed by atoms with Crippen molar-refractivity contribution < 1.29 is 9.32 Å². The number of nitrogens with zero attached hydrogens (tertiary/aromatic N) is 2.